The summed E-state index contributed by atoms with van der Waals surface area (Å²) < 4.78 is 0. The molecule has 0 aliphatic carbocycles. The molecule has 0 radical (unpaired) electrons. The molecule has 5 heteroatoms. The number of thiazole rings is 1. The van der Waals surface area contributed by atoms with Crippen molar-refractivity contribution in [3.8, 4) is 0 Å². The summed E-state index contributed by atoms with van der Waals surface area (Å²) in [6.45, 7) is 2.78. The Hall–Kier alpha value is -1.10. The van der Waals surface area contributed by atoms with Crippen molar-refractivity contribution in [3.63, 3.8) is 0 Å². The van der Waals surface area contributed by atoms with Crippen LogP contribution >= 0.6 is 11.3 Å². The summed E-state index contributed by atoms with van der Waals surface area (Å²) in [5, 5.41) is 0. The van der Waals surface area contributed by atoms with E-state index in [0.29, 0.717) is 5.96 Å². The maximum absolute atomic E-state index is 5.64. The van der Waals surface area contributed by atoms with E-state index in [9.17, 15) is 0 Å². The lowest BCUT2D eigenvalue weighted by molar-refractivity contribution is 0.497. The van der Waals surface area contributed by atoms with Crippen LogP contribution in [0.2, 0.25) is 0 Å². The summed E-state index contributed by atoms with van der Waals surface area (Å²) in [7, 11) is 3.60. The van der Waals surface area contributed by atoms with Gasteiger partial charge in [0.1, 0.15) is 0 Å². The minimum Gasteiger partial charge on any atom is -0.370 e. The molecule has 0 fully saturated rings. The van der Waals surface area contributed by atoms with Crippen molar-refractivity contribution in [2.45, 2.75) is 13.5 Å². The molecule has 0 unspecified atom stereocenters. The van der Waals surface area contributed by atoms with Crippen LogP contribution in [0, 0.1) is 6.92 Å². The van der Waals surface area contributed by atoms with E-state index in [-0.39, 0.29) is 0 Å². The molecule has 1 rings (SSSR count). The molecule has 0 amide bonds. The molecule has 0 saturated carbocycles. The van der Waals surface area contributed by atoms with E-state index < -0.39 is 0 Å². The minimum absolute atomic E-state index is 0.549. The maximum atomic E-state index is 5.64. The lowest BCUT2D eigenvalue weighted by atomic mass is 10.4. The molecule has 0 aliphatic heterocycles. The zero-order valence-electron chi connectivity index (χ0n) is 8.11. The van der Waals surface area contributed by atoms with Crippen molar-refractivity contribution in [2.24, 2.45) is 10.7 Å². The van der Waals surface area contributed by atoms with Crippen LogP contribution in [0.3, 0.4) is 0 Å². The van der Waals surface area contributed by atoms with Crippen LogP contribution in [0.4, 0.5) is 0 Å². The zero-order valence-corrected chi connectivity index (χ0v) is 8.93. The highest BCUT2D eigenvalue weighted by atomic mass is 32.1. The van der Waals surface area contributed by atoms with E-state index in [2.05, 4.69) is 9.98 Å². The fourth-order valence-corrected chi connectivity index (χ4v) is 1.77. The number of hydrogen-bond acceptors (Lipinski definition) is 3. The highest BCUT2D eigenvalue weighted by Crippen LogP contribution is 2.13. The van der Waals surface area contributed by atoms with E-state index in [1.165, 1.54) is 4.88 Å². The van der Waals surface area contributed by atoms with E-state index in [1.54, 1.807) is 18.4 Å². The lowest BCUT2D eigenvalue weighted by Crippen LogP contribution is -2.33. The molecule has 1 aromatic rings. The second-order valence-corrected chi connectivity index (χ2v) is 3.74. The van der Waals surface area contributed by atoms with Gasteiger partial charge >= 0.3 is 0 Å². The Morgan fingerprint density at radius 2 is 2.46 bits per heavy atom. The summed E-state index contributed by atoms with van der Waals surface area (Å²) >= 11 is 1.64. The first-order valence-corrected chi connectivity index (χ1v) is 4.85. The Bertz CT molecular complexity index is 305. The molecule has 0 aromatic carbocycles. The molecule has 0 aliphatic rings. The van der Waals surface area contributed by atoms with Crippen molar-refractivity contribution >= 4 is 17.3 Å². The molecule has 0 atom stereocenters. The highest BCUT2D eigenvalue weighted by Gasteiger charge is 2.06. The Morgan fingerprint density at radius 1 is 1.77 bits per heavy atom. The molecular weight excluding hydrogens is 184 g/mol. The van der Waals surface area contributed by atoms with E-state index in [4.69, 9.17) is 5.73 Å². The standard InChI is InChI=1S/C8H14N4S/c1-6-7(13-5-11-6)4-12(3)8(9)10-2/h5H,4H2,1-3H3,(H2,9,10). The predicted molar refractivity (Wildman–Crippen MR) is 55.9 cm³/mol. The van der Waals surface area contributed by atoms with Crippen LogP contribution in [-0.2, 0) is 6.54 Å². The normalized spacial score (nSPS) is 11.8. The average Bonchev–Trinajstić information content (AvgIpc) is 2.50. The highest BCUT2D eigenvalue weighted by molar-refractivity contribution is 7.09. The quantitative estimate of drug-likeness (QED) is 0.565. The molecule has 0 spiro atoms. The molecule has 1 aromatic heterocycles. The van der Waals surface area contributed by atoms with E-state index in [0.717, 1.165) is 12.2 Å². The zero-order chi connectivity index (χ0) is 9.84. The number of rotatable bonds is 2. The Kier molecular flexibility index (Phi) is 3.25. The maximum Gasteiger partial charge on any atom is 0.191 e. The number of nitrogens with zero attached hydrogens (tertiary/aromatic N) is 3. The third-order valence-electron chi connectivity index (χ3n) is 1.85. The largest absolute Gasteiger partial charge is 0.370 e. The van der Waals surface area contributed by atoms with Crippen LogP contribution in [0.1, 0.15) is 10.6 Å². The molecule has 0 saturated heterocycles. The van der Waals surface area contributed by atoms with Crippen molar-refractivity contribution in [3.05, 3.63) is 16.1 Å². The Morgan fingerprint density at radius 3 is 2.92 bits per heavy atom. The van der Waals surface area contributed by atoms with Gasteiger partial charge in [0, 0.05) is 19.0 Å². The number of aromatic nitrogens is 1. The van der Waals surface area contributed by atoms with Crippen LogP contribution < -0.4 is 5.73 Å². The fourth-order valence-electron chi connectivity index (χ4n) is 0.945. The van der Waals surface area contributed by atoms with Crippen molar-refractivity contribution in [1.29, 1.82) is 0 Å². The van der Waals surface area contributed by atoms with Crippen LogP contribution in [-0.4, -0.2) is 29.9 Å². The molecule has 2 N–H and O–H groups in total. The first-order valence-electron chi connectivity index (χ1n) is 3.97. The van der Waals surface area contributed by atoms with E-state index in [1.807, 2.05) is 24.4 Å². The van der Waals surface area contributed by atoms with Gasteiger partial charge < -0.3 is 10.6 Å². The van der Waals surface area contributed by atoms with Gasteiger partial charge in [-0.25, -0.2) is 4.98 Å². The van der Waals surface area contributed by atoms with Gasteiger partial charge in [-0.1, -0.05) is 0 Å². The summed E-state index contributed by atoms with van der Waals surface area (Å²) in [6, 6.07) is 0. The average molecular weight is 198 g/mol. The molecule has 72 valence electrons. The van der Waals surface area contributed by atoms with Gasteiger partial charge in [0.15, 0.2) is 5.96 Å². The van der Waals surface area contributed by atoms with Gasteiger partial charge in [-0.15, -0.1) is 11.3 Å². The van der Waals surface area contributed by atoms with Crippen LogP contribution in [0.25, 0.3) is 0 Å². The fraction of sp³-hybridized carbons (Fsp3) is 0.500. The molecule has 4 nitrogen and oxygen atoms in total. The van der Waals surface area contributed by atoms with Gasteiger partial charge in [-0.2, -0.15) is 0 Å². The summed E-state index contributed by atoms with van der Waals surface area (Å²) in [6.07, 6.45) is 0. The van der Waals surface area contributed by atoms with Gasteiger partial charge in [0.25, 0.3) is 0 Å². The Labute approximate surface area is 82.1 Å². The van der Waals surface area contributed by atoms with Crippen molar-refractivity contribution in [2.75, 3.05) is 14.1 Å². The number of hydrogen-bond donors (Lipinski definition) is 1. The third-order valence-corrected chi connectivity index (χ3v) is 2.77. The van der Waals surface area contributed by atoms with Crippen LogP contribution in [0.5, 0.6) is 0 Å². The predicted octanol–water partition coefficient (Wildman–Crippen LogP) is 0.828. The van der Waals surface area contributed by atoms with Crippen LogP contribution in [0.15, 0.2) is 10.5 Å². The minimum atomic E-state index is 0.549. The smallest absolute Gasteiger partial charge is 0.191 e. The summed E-state index contributed by atoms with van der Waals surface area (Å²) in [4.78, 5) is 11.2. The van der Waals surface area contributed by atoms with Gasteiger partial charge in [-0.3, -0.25) is 4.99 Å². The molecule has 13 heavy (non-hydrogen) atoms. The molecular formula is C8H14N4S. The summed E-state index contributed by atoms with van der Waals surface area (Å²) in [5.41, 5.74) is 8.56. The second-order valence-electron chi connectivity index (χ2n) is 2.80. The first kappa shape index (κ1) is 9.98. The number of nitrogens with two attached hydrogens (primary N) is 1. The number of aryl methyl sites for hydroxylation is 1. The lowest BCUT2D eigenvalue weighted by Gasteiger charge is -2.16. The summed E-state index contributed by atoms with van der Waals surface area (Å²) in [5.74, 6) is 0.549. The monoisotopic (exact) mass is 198 g/mol. The van der Waals surface area contributed by atoms with Crippen molar-refractivity contribution < 1.29 is 0 Å². The van der Waals surface area contributed by atoms with Crippen molar-refractivity contribution in [1.82, 2.24) is 9.88 Å². The molecule has 1 heterocycles. The topological polar surface area (TPSA) is 54.5 Å². The van der Waals surface area contributed by atoms with Gasteiger partial charge in [0.2, 0.25) is 0 Å². The first-order chi connectivity index (χ1) is 6.15. The van der Waals surface area contributed by atoms with Gasteiger partial charge in [-0.05, 0) is 6.92 Å². The SMILES string of the molecule is CN=C(N)N(C)Cc1scnc1C. The second kappa shape index (κ2) is 4.23. The van der Waals surface area contributed by atoms with E-state index >= 15 is 0 Å². The number of aliphatic imine (C=N–C) groups is 1. The third kappa shape index (κ3) is 2.42. The molecule has 0 bridgehead atoms. The van der Waals surface area contributed by atoms with Gasteiger partial charge in [0.05, 0.1) is 17.7 Å². The Balaban J connectivity index is 2.65. The number of guanidine groups is 1.